The summed E-state index contributed by atoms with van der Waals surface area (Å²) in [5, 5.41) is 14.7. The van der Waals surface area contributed by atoms with Crippen LogP contribution in [0, 0.1) is 16.0 Å². The summed E-state index contributed by atoms with van der Waals surface area (Å²) in [6.07, 6.45) is 7.37. The van der Waals surface area contributed by atoms with Crippen molar-refractivity contribution in [2.45, 2.75) is 18.4 Å². The Bertz CT molecular complexity index is 1150. The van der Waals surface area contributed by atoms with Crippen molar-refractivity contribution in [2.24, 2.45) is 10.9 Å². The number of non-ortho nitro benzene ring substituents is 1. The molecule has 1 heterocycles. The van der Waals surface area contributed by atoms with Crippen molar-refractivity contribution in [3.05, 3.63) is 112 Å². The monoisotopic (exact) mass is 395 g/mol. The molecule has 0 fully saturated rings. The Morgan fingerprint density at radius 3 is 2.70 bits per heavy atom. The molecule has 0 unspecified atom stereocenters. The van der Waals surface area contributed by atoms with E-state index in [1.54, 1.807) is 12.3 Å². The van der Waals surface area contributed by atoms with Gasteiger partial charge in [0.1, 0.15) is 0 Å². The molecule has 5 nitrogen and oxygen atoms in total. The SMILES string of the molecule is O=[N+]([O-])c1cccc(C=Nc2ccc([C@@H]3Nc4ccccc4[C@@H]4C=CC[C@@H]43)cc2)c1. The van der Waals surface area contributed by atoms with Crippen molar-refractivity contribution in [2.75, 3.05) is 5.32 Å². The molecular formula is C25H21N3O2. The molecule has 5 heteroatoms. The van der Waals surface area contributed by atoms with Crippen molar-refractivity contribution < 1.29 is 4.92 Å². The first-order chi connectivity index (χ1) is 14.7. The van der Waals surface area contributed by atoms with E-state index >= 15 is 0 Å². The van der Waals surface area contributed by atoms with Crippen LogP contribution in [0.3, 0.4) is 0 Å². The van der Waals surface area contributed by atoms with Crippen molar-refractivity contribution in [3.8, 4) is 0 Å². The van der Waals surface area contributed by atoms with Crippen molar-refractivity contribution in [3.63, 3.8) is 0 Å². The van der Waals surface area contributed by atoms with Gasteiger partial charge in [-0.1, -0.05) is 54.6 Å². The molecule has 5 rings (SSSR count). The summed E-state index contributed by atoms with van der Waals surface area (Å²) in [5.41, 5.74) is 5.44. The summed E-state index contributed by atoms with van der Waals surface area (Å²) in [5.74, 6) is 0.970. The molecule has 0 saturated heterocycles. The predicted octanol–water partition coefficient (Wildman–Crippen LogP) is 6.17. The van der Waals surface area contributed by atoms with Crippen LogP contribution in [-0.4, -0.2) is 11.1 Å². The van der Waals surface area contributed by atoms with E-state index in [0.29, 0.717) is 17.4 Å². The molecule has 0 spiro atoms. The van der Waals surface area contributed by atoms with Crippen LogP contribution in [0.15, 0.2) is 89.9 Å². The fourth-order valence-electron chi connectivity index (χ4n) is 4.51. The third kappa shape index (κ3) is 3.39. The number of hydrogen-bond donors (Lipinski definition) is 1. The Balaban J connectivity index is 1.37. The highest BCUT2D eigenvalue weighted by molar-refractivity contribution is 5.82. The summed E-state index contributed by atoms with van der Waals surface area (Å²) < 4.78 is 0. The van der Waals surface area contributed by atoms with Crippen LogP contribution in [-0.2, 0) is 0 Å². The highest BCUT2D eigenvalue weighted by atomic mass is 16.6. The van der Waals surface area contributed by atoms with Gasteiger partial charge in [0.25, 0.3) is 5.69 Å². The van der Waals surface area contributed by atoms with Crippen LogP contribution in [0.2, 0.25) is 0 Å². The molecule has 2 aliphatic rings. The van der Waals surface area contributed by atoms with Gasteiger partial charge >= 0.3 is 0 Å². The third-order valence-corrected chi connectivity index (χ3v) is 5.97. The number of allylic oxidation sites excluding steroid dienone is 2. The Hall–Kier alpha value is -3.73. The van der Waals surface area contributed by atoms with Crippen LogP contribution >= 0.6 is 0 Å². The molecule has 148 valence electrons. The maximum absolute atomic E-state index is 10.9. The Labute approximate surface area is 174 Å². The zero-order valence-corrected chi connectivity index (χ0v) is 16.3. The fourth-order valence-corrected chi connectivity index (χ4v) is 4.51. The molecule has 1 aliphatic heterocycles. The molecule has 1 aliphatic carbocycles. The van der Waals surface area contributed by atoms with Crippen molar-refractivity contribution in [1.82, 2.24) is 0 Å². The quantitative estimate of drug-likeness (QED) is 0.248. The lowest BCUT2D eigenvalue weighted by Crippen LogP contribution is -2.28. The number of fused-ring (bicyclic) bond motifs is 3. The second kappa shape index (κ2) is 7.59. The Morgan fingerprint density at radius 2 is 1.87 bits per heavy atom. The minimum Gasteiger partial charge on any atom is -0.378 e. The Morgan fingerprint density at radius 1 is 1.03 bits per heavy atom. The highest BCUT2D eigenvalue weighted by Gasteiger charge is 2.37. The number of hydrogen-bond acceptors (Lipinski definition) is 4. The molecule has 3 atom stereocenters. The van der Waals surface area contributed by atoms with Crippen LogP contribution < -0.4 is 5.32 Å². The van der Waals surface area contributed by atoms with E-state index in [1.807, 2.05) is 18.2 Å². The zero-order chi connectivity index (χ0) is 20.5. The van der Waals surface area contributed by atoms with E-state index < -0.39 is 4.92 Å². The lowest BCUT2D eigenvalue weighted by Gasteiger charge is -2.37. The van der Waals surface area contributed by atoms with E-state index in [0.717, 1.165) is 12.1 Å². The third-order valence-electron chi connectivity index (χ3n) is 5.97. The first-order valence-corrected chi connectivity index (χ1v) is 10.1. The summed E-state index contributed by atoms with van der Waals surface area (Å²) in [4.78, 5) is 15.0. The molecule has 30 heavy (non-hydrogen) atoms. The number of para-hydroxylation sites is 1. The van der Waals surface area contributed by atoms with Gasteiger partial charge in [-0.15, -0.1) is 0 Å². The van der Waals surface area contributed by atoms with E-state index in [2.05, 4.69) is 58.9 Å². The molecule has 0 aromatic heterocycles. The van der Waals surface area contributed by atoms with Crippen LogP contribution in [0.25, 0.3) is 0 Å². The normalized spacial score (nSPS) is 21.8. The summed E-state index contributed by atoms with van der Waals surface area (Å²) in [7, 11) is 0. The summed E-state index contributed by atoms with van der Waals surface area (Å²) in [6, 6.07) is 23.6. The van der Waals surface area contributed by atoms with Crippen LogP contribution in [0.5, 0.6) is 0 Å². The fraction of sp³-hybridized carbons (Fsp3) is 0.160. The molecule has 0 saturated carbocycles. The number of rotatable bonds is 4. The van der Waals surface area contributed by atoms with Gasteiger partial charge in [-0.05, 0) is 47.2 Å². The van der Waals surface area contributed by atoms with E-state index in [4.69, 9.17) is 0 Å². The number of nitrogens with one attached hydrogen (secondary N) is 1. The Kier molecular flexibility index (Phi) is 4.64. The van der Waals surface area contributed by atoms with Gasteiger partial charge in [-0.25, -0.2) is 0 Å². The molecule has 3 aromatic carbocycles. The summed E-state index contributed by atoms with van der Waals surface area (Å²) >= 11 is 0. The van der Waals surface area contributed by atoms with Gasteiger partial charge in [-0.2, -0.15) is 0 Å². The van der Waals surface area contributed by atoms with Gasteiger partial charge in [0.05, 0.1) is 16.7 Å². The largest absolute Gasteiger partial charge is 0.378 e. The smallest absolute Gasteiger partial charge is 0.270 e. The standard InChI is InChI=1S/C25H21N3O2/c29-28(30)20-6-3-5-17(15-20)16-26-19-13-11-18(12-14-19)25-23-9-4-8-21(23)22-7-1-2-10-24(22)27-25/h1-8,10-16,21,23,25,27H,9H2/t21-,23-,25-/m0/s1. The molecule has 0 radical (unpaired) electrons. The molecular weight excluding hydrogens is 374 g/mol. The number of aliphatic imine (C=N–C) groups is 1. The molecule has 1 N–H and O–H groups in total. The van der Waals surface area contributed by atoms with Gasteiger partial charge in [-0.3, -0.25) is 15.1 Å². The number of benzene rings is 3. The first kappa shape index (κ1) is 18.3. The molecule has 0 amide bonds. The lowest BCUT2D eigenvalue weighted by molar-refractivity contribution is -0.384. The number of nitro groups is 1. The van der Waals surface area contributed by atoms with Crippen molar-refractivity contribution in [1.29, 1.82) is 0 Å². The number of nitrogens with zero attached hydrogens (tertiary/aromatic N) is 2. The molecule has 0 bridgehead atoms. The topological polar surface area (TPSA) is 67.5 Å². The summed E-state index contributed by atoms with van der Waals surface area (Å²) in [6.45, 7) is 0. The van der Waals surface area contributed by atoms with Gasteiger partial charge < -0.3 is 5.32 Å². The van der Waals surface area contributed by atoms with Crippen molar-refractivity contribution >= 4 is 23.3 Å². The average Bonchev–Trinajstić information content (AvgIpc) is 3.28. The number of nitro benzene ring substituents is 1. The van der Waals surface area contributed by atoms with Gasteiger partial charge in [0, 0.05) is 30.0 Å². The first-order valence-electron chi connectivity index (χ1n) is 10.1. The van der Waals surface area contributed by atoms with Gasteiger partial charge in [0.2, 0.25) is 0 Å². The van der Waals surface area contributed by atoms with Crippen LogP contribution in [0.4, 0.5) is 17.1 Å². The second-order valence-electron chi connectivity index (χ2n) is 7.76. The average molecular weight is 395 g/mol. The number of anilines is 1. The lowest BCUT2D eigenvalue weighted by atomic mass is 9.77. The van der Waals surface area contributed by atoms with E-state index in [9.17, 15) is 10.1 Å². The predicted molar refractivity (Wildman–Crippen MR) is 120 cm³/mol. The maximum atomic E-state index is 10.9. The second-order valence-corrected chi connectivity index (χ2v) is 7.76. The minimum atomic E-state index is -0.396. The zero-order valence-electron chi connectivity index (χ0n) is 16.3. The highest BCUT2D eigenvalue weighted by Crippen LogP contribution is 2.49. The van der Waals surface area contributed by atoms with E-state index in [-0.39, 0.29) is 11.7 Å². The van der Waals surface area contributed by atoms with E-state index in [1.165, 1.54) is 28.9 Å². The maximum Gasteiger partial charge on any atom is 0.270 e. The van der Waals surface area contributed by atoms with Gasteiger partial charge in [0.15, 0.2) is 0 Å². The van der Waals surface area contributed by atoms with Crippen LogP contribution in [0.1, 0.15) is 35.1 Å². The molecule has 3 aromatic rings. The minimum absolute atomic E-state index is 0.0673.